The Balaban J connectivity index is 1.51. The molecule has 0 spiro atoms. The van der Waals surface area contributed by atoms with E-state index in [1.807, 2.05) is 12.1 Å². The molecular formula is C17H17N5O5. The number of anilines is 1. The smallest absolute Gasteiger partial charge is 0.315 e. The van der Waals surface area contributed by atoms with E-state index in [0.717, 1.165) is 11.3 Å². The number of benzene rings is 1. The number of nitrogens with zero attached hydrogens (tertiary/aromatic N) is 3. The van der Waals surface area contributed by atoms with Gasteiger partial charge in [0, 0.05) is 12.6 Å². The van der Waals surface area contributed by atoms with Crippen LogP contribution in [-0.2, 0) is 17.8 Å². The Morgan fingerprint density at radius 3 is 2.59 bits per heavy atom. The number of aromatic nitrogens is 3. The second-order valence-electron chi connectivity index (χ2n) is 5.59. The maximum atomic E-state index is 12.1. The standard InChI is InChI=1S/C17H17N5O5/c1-10-7-13(21-26-10)19-15(23)8-14-20-17(27-22-14)16(24)18-9-11-3-5-12(25-2)6-4-11/h3-7H,8-9H2,1-2H3,(H,18,24)(H,19,21,23). The summed E-state index contributed by atoms with van der Waals surface area (Å²) in [7, 11) is 1.58. The van der Waals surface area contributed by atoms with E-state index in [2.05, 4.69) is 25.9 Å². The molecule has 0 radical (unpaired) electrons. The fourth-order valence-electron chi connectivity index (χ4n) is 2.18. The molecule has 10 nitrogen and oxygen atoms in total. The summed E-state index contributed by atoms with van der Waals surface area (Å²) in [5.74, 6) is 0.516. The lowest BCUT2D eigenvalue weighted by atomic mass is 10.2. The number of methoxy groups -OCH3 is 1. The Bertz CT molecular complexity index is 931. The quantitative estimate of drug-likeness (QED) is 0.638. The maximum Gasteiger partial charge on any atom is 0.315 e. The molecule has 140 valence electrons. The molecule has 0 saturated heterocycles. The first kappa shape index (κ1) is 18.1. The lowest BCUT2D eigenvalue weighted by molar-refractivity contribution is -0.115. The molecule has 3 rings (SSSR count). The highest BCUT2D eigenvalue weighted by molar-refractivity contribution is 5.91. The molecule has 1 aromatic carbocycles. The van der Waals surface area contributed by atoms with Crippen LogP contribution >= 0.6 is 0 Å². The van der Waals surface area contributed by atoms with Crippen molar-refractivity contribution in [3.05, 3.63) is 53.4 Å². The van der Waals surface area contributed by atoms with Crippen molar-refractivity contribution in [2.24, 2.45) is 0 Å². The van der Waals surface area contributed by atoms with Gasteiger partial charge in [0.15, 0.2) is 11.6 Å². The average molecular weight is 371 g/mol. The first-order chi connectivity index (χ1) is 13.0. The van der Waals surface area contributed by atoms with Crippen LogP contribution in [0.15, 0.2) is 39.4 Å². The molecule has 0 fully saturated rings. The fraction of sp³-hybridized carbons (Fsp3) is 0.235. The normalized spacial score (nSPS) is 10.4. The van der Waals surface area contributed by atoms with Crippen LogP contribution in [0.5, 0.6) is 5.75 Å². The van der Waals surface area contributed by atoms with Crippen molar-refractivity contribution in [3.8, 4) is 5.75 Å². The van der Waals surface area contributed by atoms with Crippen molar-refractivity contribution in [1.29, 1.82) is 0 Å². The minimum absolute atomic E-state index is 0.0855. The molecule has 0 aliphatic heterocycles. The number of hydrogen-bond donors (Lipinski definition) is 2. The van der Waals surface area contributed by atoms with Gasteiger partial charge in [0.25, 0.3) is 0 Å². The van der Waals surface area contributed by atoms with E-state index < -0.39 is 11.8 Å². The molecule has 0 aliphatic rings. The second kappa shape index (κ2) is 8.13. The van der Waals surface area contributed by atoms with Gasteiger partial charge >= 0.3 is 11.8 Å². The van der Waals surface area contributed by atoms with Gasteiger partial charge in [-0.2, -0.15) is 4.98 Å². The van der Waals surface area contributed by atoms with Gasteiger partial charge in [-0.15, -0.1) is 0 Å². The summed E-state index contributed by atoms with van der Waals surface area (Å²) in [5, 5.41) is 12.5. The minimum Gasteiger partial charge on any atom is -0.497 e. The van der Waals surface area contributed by atoms with Gasteiger partial charge in [-0.05, 0) is 24.6 Å². The van der Waals surface area contributed by atoms with Crippen LogP contribution in [0.4, 0.5) is 5.82 Å². The van der Waals surface area contributed by atoms with Crippen molar-refractivity contribution in [1.82, 2.24) is 20.6 Å². The van der Waals surface area contributed by atoms with Crippen LogP contribution in [0.2, 0.25) is 0 Å². The highest BCUT2D eigenvalue weighted by atomic mass is 16.5. The first-order valence-corrected chi connectivity index (χ1v) is 8.00. The summed E-state index contributed by atoms with van der Waals surface area (Å²) in [6.45, 7) is 1.99. The summed E-state index contributed by atoms with van der Waals surface area (Å²) >= 11 is 0. The zero-order valence-electron chi connectivity index (χ0n) is 14.7. The van der Waals surface area contributed by atoms with Crippen LogP contribution in [0, 0.1) is 6.92 Å². The van der Waals surface area contributed by atoms with E-state index in [-0.39, 0.29) is 24.7 Å². The summed E-state index contributed by atoms with van der Waals surface area (Å²) in [6.07, 6.45) is -0.166. The summed E-state index contributed by atoms with van der Waals surface area (Å²) in [6, 6.07) is 8.82. The van der Waals surface area contributed by atoms with E-state index in [4.69, 9.17) is 13.8 Å². The highest BCUT2D eigenvalue weighted by Crippen LogP contribution is 2.11. The molecule has 27 heavy (non-hydrogen) atoms. The second-order valence-corrected chi connectivity index (χ2v) is 5.59. The average Bonchev–Trinajstić information content (AvgIpc) is 3.29. The molecule has 0 aliphatic carbocycles. The summed E-state index contributed by atoms with van der Waals surface area (Å²) in [5.41, 5.74) is 0.881. The number of carbonyl (C=O) groups is 2. The molecule has 0 saturated carbocycles. The Morgan fingerprint density at radius 1 is 1.15 bits per heavy atom. The van der Waals surface area contributed by atoms with Gasteiger partial charge in [-0.3, -0.25) is 9.59 Å². The molecule has 0 atom stereocenters. The third-order valence-corrected chi connectivity index (χ3v) is 3.49. The fourth-order valence-corrected chi connectivity index (χ4v) is 2.18. The Kier molecular flexibility index (Phi) is 5.45. The van der Waals surface area contributed by atoms with Gasteiger partial charge < -0.3 is 24.4 Å². The van der Waals surface area contributed by atoms with Gasteiger partial charge in [-0.1, -0.05) is 22.4 Å². The van der Waals surface area contributed by atoms with Crippen molar-refractivity contribution >= 4 is 17.6 Å². The van der Waals surface area contributed by atoms with E-state index in [1.54, 1.807) is 32.2 Å². The monoisotopic (exact) mass is 371 g/mol. The van der Waals surface area contributed by atoms with E-state index in [0.29, 0.717) is 11.6 Å². The number of carbonyl (C=O) groups excluding carboxylic acids is 2. The highest BCUT2D eigenvalue weighted by Gasteiger charge is 2.17. The molecule has 2 aromatic heterocycles. The predicted molar refractivity (Wildman–Crippen MR) is 92.0 cm³/mol. The zero-order valence-corrected chi connectivity index (χ0v) is 14.7. The zero-order chi connectivity index (χ0) is 19.2. The largest absolute Gasteiger partial charge is 0.497 e. The van der Waals surface area contributed by atoms with Gasteiger partial charge in [0.05, 0.1) is 13.5 Å². The van der Waals surface area contributed by atoms with Gasteiger partial charge in [0.1, 0.15) is 11.5 Å². The van der Waals surface area contributed by atoms with Crippen molar-refractivity contribution in [2.45, 2.75) is 19.9 Å². The lowest BCUT2D eigenvalue weighted by Gasteiger charge is -2.04. The predicted octanol–water partition coefficient (Wildman–Crippen LogP) is 1.49. The van der Waals surface area contributed by atoms with Crippen molar-refractivity contribution in [2.75, 3.05) is 12.4 Å². The van der Waals surface area contributed by atoms with E-state index >= 15 is 0 Å². The SMILES string of the molecule is COc1ccc(CNC(=O)c2nc(CC(=O)Nc3cc(C)on3)no2)cc1. The summed E-state index contributed by atoms with van der Waals surface area (Å²) in [4.78, 5) is 27.9. The van der Waals surface area contributed by atoms with Crippen LogP contribution in [0.25, 0.3) is 0 Å². The molecule has 0 unspecified atom stereocenters. The number of amides is 2. The lowest BCUT2D eigenvalue weighted by Crippen LogP contribution is -2.23. The Hall–Kier alpha value is -3.69. The van der Waals surface area contributed by atoms with Crippen LogP contribution < -0.4 is 15.4 Å². The molecule has 2 N–H and O–H groups in total. The number of hydrogen-bond acceptors (Lipinski definition) is 8. The van der Waals surface area contributed by atoms with Crippen molar-refractivity contribution < 1.29 is 23.4 Å². The molecule has 0 bridgehead atoms. The first-order valence-electron chi connectivity index (χ1n) is 8.00. The number of aryl methyl sites for hydroxylation is 1. The van der Waals surface area contributed by atoms with Crippen molar-refractivity contribution in [3.63, 3.8) is 0 Å². The maximum absolute atomic E-state index is 12.1. The van der Waals surface area contributed by atoms with Gasteiger partial charge in [-0.25, -0.2) is 0 Å². The number of ether oxygens (including phenoxy) is 1. The molecule has 2 amide bonds. The third kappa shape index (κ3) is 4.91. The third-order valence-electron chi connectivity index (χ3n) is 3.49. The summed E-state index contributed by atoms with van der Waals surface area (Å²) < 4.78 is 14.8. The van der Waals surface area contributed by atoms with E-state index in [9.17, 15) is 9.59 Å². The van der Waals surface area contributed by atoms with Gasteiger partial charge in [0.2, 0.25) is 5.91 Å². The molecule has 2 heterocycles. The van der Waals surface area contributed by atoms with Crippen LogP contribution in [0.1, 0.15) is 27.8 Å². The van der Waals surface area contributed by atoms with Crippen LogP contribution in [0.3, 0.4) is 0 Å². The molecular weight excluding hydrogens is 354 g/mol. The Labute approximate surface area is 153 Å². The molecule has 10 heteroatoms. The number of rotatable bonds is 7. The Morgan fingerprint density at radius 2 is 1.93 bits per heavy atom. The molecule has 3 aromatic rings. The minimum atomic E-state index is -0.530. The number of nitrogens with one attached hydrogen (secondary N) is 2. The topological polar surface area (TPSA) is 132 Å². The van der Waals surface area contributed by atoms with Crippen LogP contribution in [-0.4, -0.2) is 34.2 Å². The van der Waals surface area contributed by atoms with E-state index in [1.165, 1.54) is 0 Å².